The van der Waals surface area contributed by atoms with Gasteiger partial charge in [0.1, 0.15) is 5.82 Å². The summed E-state index contributed by atoms with van der Waals surface area (Å²) >= 11 is 0. The van der Waals surface area contributed by atoms with Crippen LogP contribution in [0.2, 0.25) is 0 Å². The first-order valence-electron chi connectivity index (χ1n) is 6.26. The molecule has 1 N–H and O–H groups in total. The Morgan fingerprint density at radius 1 is 1.47 bits per heavy atom. The second-order valence-corrected chi connectivity index (χ2v) is 5.13. The van der Waals surface area contributed by atoms with Crippen LogP contribution in [0.25, 0.3) is 0 Å². The lowest BCUT2D eigenvalue weighted by Crippen LogP contribution is -2.24. The minimum Gasteiger partial charge on any atom is -0.372 e. The van der Waals surface area contributed by atoms with Gasteiger partial charge in [-0.15, -0.1) is 0 Å². The number of rotatable bonds is 5. The van der Waals surface area contributed by atoms with E-state index in [-0.39, 0.29) is 5.82 Å². The lowest BCUT2D eigenvalue weighted by atomic mass is 10.1. The van der Waals surface area contributed by atoms with Crippen molar-refractivity contribution in [2.24, 2.45) is 11.8 Å². The molecule has 2 atom stereocenters. The van der Waals surface area contributed by atoms with Gasteiger partial charge >= 0.3 is 0 Å². The highest BCUT2D eigenvalue weighted by molar-refractivity contribution is 5.54. The van der Waals surface area contributed by atoms with E-state index in [4.69, 9.17) is 0 Å². The topological polar surface area (TPSA) is 15.3 Å². The lowest BCUT2D eigenvalue weighted by Gasteiger charge is -2.23. The van der Waals surface area contributed by atoms with Gasteiger partial charge in [0.15, 0.2) is 0 Å². The van der Waals surface area contributed by atoms with Crippen LogP contribution in [-0.2, 0) is 6.54 Å². The van der Waals surface area contributed by atoms with Gasteiger partial charge in [0.25, 0.3) is 0 Å². The van der Waals surface area contributed by atoms with Crippen molar-refractivity contribution in [1.29, 1.82) is 0 Å². The van der Waals surface area contributed by atoms with Crippen LogP contribution in [0.5, 0.6) is 0 Å². The molecule has 1 aliphatic carbocycles. The summed E-state index contributed by atoms with van der Waals surface area (Å²) in [6.45, 7) is 3.92. The molecule has 0 heterocycles. The third-order valence-corrected chi connectivity index (χ3v) is 3.60. The lowest BCUT2D eigenvalue weighted by molar-refractivity contribution is 0.611. The van der Waals surface area contributed by atoms with Crippen LogP contribution in [0.4, 0.5) is 10.1 Å². The summed E-state index contributed by atoms with van der Waals surface area (Å²) in [7, 11) is 3.88. The molecule has 0 aromatic heterocycles. The van der Waals surface area contributed by atoms with Crippen LogP contribution in [-0.4, -0.2) is 20.6 Å². The fourth-order valence-electron chi connectivity index (χ4n) is 2.42. The molecule has 0 amide bonds. The number of nitrogens with one attached hydrogen (secondary N) is 1. The molecule has 1 saturated carbocycles. The number of hydrogen-bond donors (Lipinski definition) is 1. The van der Waals surface area contributed by atoms with E-state index < -0.39 is 0 Å². The molecule has 1 aliphatic rings. The molecule has 0 radical (unpaired) electrons. The monoisotopic (exact) mass is 236 g/mol. The highest BCUT2D eigenvalue weighted by Crippen LogP contribution is 2.39. The Labute approximate surface area is 103 Å². The van der Waals surface area contributed by atoms with Crippen LogP contribution in [0.1, 0.15) is 18.9 Å². The zero-order chi connectivity index (χ0) is 12.4. The van der Waals surface area contributed by atoms with Gasteiger partial charge in [-0.3, -0.25) is 0 Å². The summed E-state index contributed by atoms with van der Waals surface area (Å²) in [4.78, 5) is 2.07. The largest absolute Gasteiger partial charge is 0.372 e. The van der Waals surface area contributed by atoms with Gasteiger partial charge in [-0.05, 0) is 36.9 Å². The van der Waals surface area contributed by atoms with Gasteiger partial charge in [0.05, 0.1) is 5.69 Å². The summed E-state index contributed by atoms with van der Waals surface area (Å²) < 4.78 is 13.9. The van der Waals surface area contributed by atoms with Crippen molar-refractivity contribution in [1.82, 2.24) is 5.32 Å². The second-order valence-electron chi connectivity index (χ2n) is 5.13. The number of halogens is 1. The first-order chi connectivity index (χ1) is 8.13. The summed E-state index contributed by atoms with van der Waals surface area (Å²) in [6, 6.07) is 5.31. The first-order valence-corrected chi connectivity index (χ1v) is 6.26. The van der Waals surface area contributed by atoms with E-state index in [1.807, 2.05) is 20.2 Å². The zero-order valence-electron chi connectivity index (χ0n) is 10.8. The third kappa shape index (κ3) is 2.78. The predicted octanol–water partition coefficient (Wildman–Crippen LogP) is 2.64. The smallest absolute Gasteiger partial charge is 0.146 e. The van der Waals surface area contributed by atoms with Crippen molar-refractivity contribution in [3.63, 3.8) is 0 Å². The Morgan fingerprint density at radius 3 is 2.76 bits per heavy atom. The van der Waals surface area contributed by atoms with Crippen LogP contribution in [0.3, 0.4) is 0 Å². The molecular formula is C14H21FN2. The molecule has 0 saturated heterocycles. The molecule has 2 nitrogen and oxygen atoms in total. The van der Waals surface area contributed by atoms with E-state index in [1.165, 1.54) is 6.42 Å². The highest BCUT2D eigenvalue weighted by Gasteiger charge is 2.33. The number of anilines is 1. The molecule has 0 aliphatic heterocycles. The van der Waals surface area contributed by atoms with Crippen LogP contribution in [0, 0.1) is 17.7 Å². The summed E-state index contributed by atoms with van der Waals surface area (Å²) in [6.07, 6.45) is 1.28. The predicted molar refractivity (Wildman–Crippen MR) is 69.7 cm³/mol. The number of benzene rings is 1. The summed E-state index contributed by atoms with van der Waals surface area (Å²) in [5.41, 5.74) is 1.78. The average molecular weight is 236 g/mol. The molecule has 2 rings (SSSR count). The first kappa shape index (κ1) is 12.4. The van der Waals surface area contributed by atoms with Gasteiger partial charge in [0.2, 0.25) is 0 Å². The van der Waals surface area contributed by atoms with E-state index in [0.29, 0.717) is 6.54 Å². The van der Waals surface area contributed by atoms with E-state index in [0.717, 1.165) is 29.6 Å². The zero-order valence-corrected chi connectivity index (χ0v) is 10.8. The van der Waals surface area contributed by atoms with Crippen molar-refractivity contribution >= 4 is 5.69 Å². The number of para-hydroxylation sites is 1. The molecule has 1 aromatic rings. The molecule has 0 spiro atoms. The summed E-state index contributed by atoms with van der Waals surface area (Å²) in [5.74, 6) is 1.42. The maximum Gasteiger partial charge on any atom is 0.146 e. The Bertz CT molecular complexity index is 392. The quantitative estimate of drug-likeness (QED) is 0.845. The van der Waals surface area contributed by atoms with Gasteiger partial charge in [0, 0.05) is 20.1 Å². The molecule has 1 aromatic carbocycles. The Hall–Kier alpha value is -1.09. The Kier molecular flexibility index (Phi) is 3.67. The highest BCUT2D eigenvalue weighted by atomic mass is 19.1. The van der Waals surface area contributed by atoms with Gasteiger partial charge in [-0.25, -0.2) is 4.39 Å². The van der Waals surface area contributed by atoms with Crippen molar-refractivity contribution in [2.45, 2.75) is 19.9 Å². The standard InChI is InChI=1S/C14H21FN2/c1-10-7-12(10)9-17(3)14-11(8-16-2)5-4-6-13(14)15/h4-6,10,12,16H,7-9H2,1-3H3. The van der Waals surface area contributed by atoms with Crippen molar-refractivity contribution < 1.29 is 4.39 Å². The third-order valence-electron chi connectivity index (χ3n) is 3.60. The van der Waals surface area contributed by atoms with E-state index >= 15 is 0 Å². The van der Waals surface area contributed by atoms with Crippen LogP contribution >= 0.6 is 0 Å². The molecule has 1 fully saturated rings. The minimum absolute atomic E-state index is 0.117. The molecular weight excluding hydrogens is 215 g/mol. The van der Waals surface area contributed by atoms with Crippen molar-refractivity contribution in [3.8, 4) is 0 Å². The molecule has 94 valence electrons. The van der Waals surface area contributed by atoms with Crippen LogP contribution < -0.4 is 10.2 Å². The fraction of sp³-hybridized carbons (Fsp3) is 0.571. The van der Waals surface area contributed by atoms with Crippen molar-refractivity contribution in [2.75, 3.05) is 25.5 Å². The maximum atomic E-state index is 13.9. The number of hydrogen-bond acceptors (Lipinski definition) is 2. The fourth-order valence-corrected chi connectivity index (χ4v) is 2.42. The normalized spacial score (nSPS) is 22.6. The minimum atomic E-state index is -0.117. The second kappa shape index (κ2) is 5.05. The van der Waals surface area contributed by atoms with Crippen molar-refractivity contribution in [3.05, 3.63) is 29.6 Å². The van der Waals surface area contributed by atoms with Gasteiger partial charge in [-0.2, -0.15) is 0 Å². The molecule has 3 heteroatoms. The van der Waals surface area contributed by atoms with Gasteiger partial charge in [-0.1, -0.05) is 19.1 Å². The Morgan fingerprint density at radius 2 is 2.18 bits per heavy atom. The van der Waals surface area contributed by atoms with E-state index in [9.17, 15) is 4.39 Å². The Balaban J connectivity index is 2.16. The van der Waals surface area contributed by atoms with E-state index in [1.54, 1.807) is 12.1 Å². The summed E-state index contributed by atoms with van der Waals surface area (Å²) in [5, 5.41) is 3.09. The maximum absolute atomic E-state index is 13.9. The van der Waals surface area contributed by atoms with Crippen LogP contribution in [0.15, 0.2) is 18.2 Å². The van der Waals surface area contributed by atoms with Gasteiger partial charge < -0.3 is 10.2 Å². The molecule has 17 heavy (non-hydrogen) atoms. The SMILES string of the molecule is CNCc1cccc(F)c1N(C)CC1CC1C. The molecule has 0 bridgehead atoms. The van der Waals surface area contributed by atoms with E-state index in [2.05, 4.69) is 17.1 Å². The number of nitrogens with zero attached hydrogens (tertiary/aromatic N) is 1. The molecule has 2 unspecified atom stereocenters. The average Bonchev–Trinajstić information content (AvgIpc) is 2.94.